The fraction of sp³-hybridized carbons (Fsp3) is 0.667. The molecule has 0 atom stereocenters. The molecular formula is C3H8N2NaO. The van der Waals surface area contributed by atoms with E-state index in [0.29, 0.717) is 0 Å². The fourth-order valence-electron chi connectivity index (χ4n) is 0. The molecule has 0 saturated carbocycles. The summed E-state index contributed by atoms with van der Waals surface area (Å²) in [5.41, 5.74) is 4.72. The summed E-state index contributed by atoms with van der Waals surface area (Å²) < 4.78 is 0. The SMILES string of the molecule is CN(C)C(N)=O.[Na]. The van der Waals surface area contributed by atoms with E-state index in [4.69, 9.17) is 5.73 Å². The van der Waals surface area contributed by atoms with Crippen LogP contribution in [0.3, 0.4) is 0 Å². The molecule has 0 aliphatic heterocycles. The van der Waals surface area contributed by atoms with Crippen molar-refractivity contribution in [2.45, 2.75) is 0 Å². The molecule has 0 saturated heterocycles. The summed E-state index contributed by atoms with van der Waals surface area (Å²) in [5, 5.41) is 0. The van der Waals surface area contributed by atoms with E-state index in [0.717, 1.165) is 0 Å². The van der Waals surface area contributed by atoms with Crippen molar-refractivity contribution in [1.29, 1.82) is 0 Å². The average molecular weight is 111 g/mol. The van der Waals surface area contributed by atoms with Gasteiger partial charge in [0.2, 0.25) is 0 Å². The Hall–Kier alpha value is 0.270. The van der Waals surface area contributed by atoms with Gasteiger partial charge in [-0.1, -0.05) is 0 Å². The van der Waals surface area contributed by atoms with E-state index >= 15 is 0 Å². The van der Waals surface area contributed by atoms with Gasteiger partial charge in [0.1, 0.15) is 0 Å². The molecule has 0 aliphatic rings. The van der Waals surface area contributed by atoms with E-state index in [-0.39, 0.29) is 29.6 Å². The van der Waals surface area contributed by atoms with Gasteiger partial charge in [-0.2, -0.15) is 0 Å². The van der Waals surface area contributed by atoms with Crippen molar-refractivity contribution in [2.24, 2.45) is 5.73 Å². The Balaban J connectivity index is 0. The van der Waals surface area contributed by atoms with Crippen molar-refractivity contribution in [3.8, 4) is 0 Å². The number of primary amides is 1. The summed E-state index contributed by atoms with van der Waals surface area (Å²) in [6.45, 7) is 0. The first-order valence-corrected chi connectivity index (χ1v) is 1.61. The van der Waals surface area contributed by atoms with E-state index in [1.54, 1.807) is 14.1 Å². The van der Waals surface area contributed by atoms with Gasteiger partial charge in [-0.15, -0.1) is 0 Å². The Morgan fingerprint density at radius 2 is 1.71 bits per heavy atom. The first-order chi connectivity index (χ1) is 2.64. The number of urea groups is 1. The molecule has 0 aromatic carbocycles. The van der Waals surface area contributed by atoms with Crippen LogP contribution in [-0.2, 0) is 0 Å². The molecule has 1 radical (unpaired) electrons. The second kappa shape index (κ2) is 4.43. The number of hydrogen-bond acceptors (Lipinski definition) is 1. The molecule has 0 aliphatic carbocycles. The van der Waals surface area contributed by atoms with Crippen LogP contribution in [0.1, 0.15) is 0 Å². The second-order valence-electron chi connectivity index (χ2n) is 1.23. The van der Waals surface area contributed by atoms with E-state index in [9.17, 15) is 4.79 Å². The third-order valence-corrected chi connectivity index (χ3v) is 0.441. The number of rotatable bonds is 0. The zero-order chi connectivity index (χ0) is 5.15. The van der Waals surface area contributed by atoms with Gasteiger partial charge in [0, 0.05) is 43.7 Å². The molecule has 7 heavy (non-hydrogen) atoms. The fourth-order valence-corrected chi connectivity index (χ4v) is 0. The third-order valence-electron chi connectivity index (χ3n) is 0.441. The maximum Gasteiger partial charge on any atom is 0.314 e. The van der Waals surface area contributed by atoms with Gasteiger partial charge >= 0.3 is 6.03 Å². The molecule has 4 heteroatoms. The minimum atomic E-state index is -0.407. The molecular weight excluding hydrogens is 103 g/mol. The quantitative estimate of drug-likeness (QED) is 0.410. The molecule has 2 N–H and O–H groups in total. The minimum absolute atomic E-state index is 0. The Morgan fingerprint density at radius 1 is 1.57 bits per heavy atom. The molecule has 0 heterocycles. The minimum Gasteiger partial charge on any atom is -0.352 e. The number of carbonyl (C=O) groups is 1. The Labute approximate surface area is 65.1 Å². The van der Waals surface area contributed by atoms with Gasteiger partial charge in [-0.25, -0.2) is 4.79 Å². The summed E-state index contributed by atoms with van der Waals surface area (Å²) in [7, 11) is 3.20. The number of carbonyl (C=O) groups excluding carboxylic acids is 1. The van der Waals surface area contributed by atoms with Gasteiger partial charge in [0.25, 0.3) is 0 Å². The molecule has 2 amide bonds. The second-order valence-corrected chi connectivity index (χ2v) is 1.23. The summed E-state index contributed by atoms with van der Waals surface area (Å²) in [4.78, 5) is 11.2. The van der Waals surface area contributed by atoms with Crippen molar-refractivity contribution >= 4 is 35.6 Å². The number of nitrogens with zero attached hydrogens (tertiary/aromatic N) is 1. The molecule has 0 aromatic heterocycles. The molecule has 0 aromatic rings. The zero-order valence-corrected chi connectivity index (χ0v) is 6.93. The molecule has 0 unspecified atom stereocenters. The first kappa shape index (κ1) is 10.3. The molecule has 0 fully saturated rings. The number of nitrogens with two attached hydrogens (primary N) is 1. The molecule has 0 bridgehead atoms. The van der Waals surface area contributed by atoms with Gasteiger partial charge < -0.3 is 10.6 Å². The molecule has 0 spiro atoms. The Kier molecular flexibility index (Phi) is 6.51. The summed E-state index contributed by atoms with van der Waals surface area (Å²) in [6, 6.07) is -0.407. The van der Waals surface area contributed by atoms with E-state index in [2.05, 4.69) is 0 Å². The summed E-state index contributed by atoms with van der Waals surface area (Å²) in [6.07, 6.45) is 0. The Morgan fingerprint density at radius 3 is 1.71 bits per heavy atom. The maximum atomic E-state index is 9.85. The van der Waals surface area contributed by atoms with Crippen molar-refractivity contribution < 1.29 is 4.79 Å². The summed E-state index contributed by atoms with van der Waals surface area (Å²) in [5.74, 6) is 0. The van der Waals surface area contributed by atoms with Crippen LogP contribution in [0, 0.1) is 0 Å². The normalized spacial score (nSPS) is 6.57. The van der Waals surface area contributed by atoms with Crippen LogP contribution in [0.25, 0.3) is 0 Å². The van der Waals surface area contributed by atoms with Crippen LogP contribution in [0.15, 0.2) is 0 Å². The molecule has 3 nitrogen and oxygen atoms in total. The van der Waals surface area contributed by atoms with Crippen molar-refractivity contribution in [1.82, 2.24) is 4.90 Å². The van der Waals surface area contributed by atoms with Gasteiger partial charge in [-0.3, -0.25) is 0 Å². The summed E-state index contributed by atoms with van der Waals surface area (Å²) >= 11 is 0. The largest absolute Gasteiger partial charge is 0.352 e. The number of amides is 2. The van der Waals surface area contributed by atoms with Crippen LogP contribution in [-0.4, -0.2) is 54.6 Å². The van der Waals surface area contributed by atoms with Crippen LogP contribution in [0.4, 0.5) is 4.79 Å². The number of hydrogen-bond donors (Lipinski definition) is 1. The van der Waals surface area contributed by atoms with E-state index in [1.165, 1.54) is 4.90 Å². The van der Waals surface area contributed by atoms with Gasteiger partial charge in [0.05, 0.1) is 0 Å². The molecule has 37 valence electrons. The Bertz CT molecular complexity index is 64.0. The van der Waals surface area contributed by atoms with Crippen LogP contribution >= 0.6 is 0 Å². The maximum absolute atomic E-state index is 9.85. The van der Waals surface area contributed by atoms with Crippen LogP contribution < -0.4 is 5.73 Å². The predicted molar refractivity (Wildman–Crippen MR) is 29.0 cm³/mol. The van der Waals surface area contributed by atoms with Crippen molar-refractivity contribution in [3.05, 3.63) is 0 Å². The predicted octanol–water partition coefficient (Wildman–Crippen LogP) is -0.754. The topological polar surface area (TPSA) is 46.3 Å². The molecule has 0 rings (SSSR count). The monoisotopic (exact) mass is 111 g/mol. The van der Waals surface area contributed by atoms with Crippen molar-refractivity contribution in [3.63, 3.8) is 0 Å². The standard InChI is InChI=1S/C3H8N2O.Na/c1-5(2)3(4)6;/h1-2H3,(H2,4,6);. The van der Waals surface area contributed by atoms with Crippen LogP contribution in [0.5, 0.6) is 0 Å². The van der Waals surface area contributed by atoms with Crippen molar-refractivity contribution in [2.75, 3.05) is 14.1 Å². The zero-order valence-electron chi connectivity index (χ0n) is 4.93. The van der Waals surface area contributed by atoms with E-state index in [1.807, 2.05) is 0 Å². The smallest absolute Gasteiger partial charge is 0.314 e. The van der Waals surface area contributed by atoms with Gasteiger partial charge in [-0.05, 0) is 0 Å². The first-order valence-electron chi connectivity index (χ1n) is 1.61. The van der Waals surface area contributed by atoms with E-state index < -0.39 is 6.03 Å². The third kappa shape index (κ3) is 6.27. The van der Waals surface area contributed by atoms with Crippen LogP contribution in [0.2, 0.25) is 0 Å². The average Bonchev–Trinajstić information content (AvgIpc) is 1.36. The van der Waals surface area contributed by atoms with Gasteiger partial charge in [0.15, 0.2) is 0 Å².